The molecule has 0 saturated carbocycles. The first-order chi connectivity index (χ1) is 15.2. The van der Waals surface area contributed by atoms with E-state index < -0.39 is 5.97 Å². The smallest absolute Gasteiger partial charge is 0.305 e. The van der Waals surface area contributed by atoms with Gasteiger partial charge in [-0.1, -0.05) is 57.6 Å². The zero-order valence-corrected chi connectivity index (χ0v) is 18.8. The van der Waals surface area contributed by atoms with Crippen molar-refractivity contribution < 1.29 is 14.6 Å². The van der Waals surface area contributed by atoms with E-state index in [1.165, 1.54) is 44.1 Å². The van der Waals surface area contributed by atoms with Crippen molar-refractivity contribution in [2.45, 2.75) is 77.2 Å². The molecule has 0 fully saturated rings. The van der Waals surface area contributed by atoms with Crippen molar-refractivity contribution in [3.8, 4) is 5.75 Å². The summed E-state index contributed by atoms with van der Waals surface area (Å²) in [4.78, 5) is 17.5. The first-order valence-corrected chi connectivity index (χ1v) is 11.9. The minimum atomic E-state index is -0.759. The maximum Gasteiger partial charge on any atom is 0.305 e. The average Bonchev–Trinajstić information content (AvgIpc) is 3.41. The van der Waals surface area contributed by atoms with Gasteiger partial charge in [0.2, 0.25) is 0 Å². The number of nitrogens with zero attached hydrogens (tertiary/aromatic N) is 3. The quantitative estimate of drug-likeness (QED) is 0.381. The summed E-state index contributed by atoms with van der Waals surface area (Å²) in [5.41, 5.74) is 2.38. The molecule has 170 valence electrons. The van der Waals surface area contributed by atoms with Crippen molar-refractivity contribution in [3.05, 3.63) is 42.5 Å². The minimum absolute atomic E-state index is 0.139. The van der Waals surface area contributed by atoms with Crippen molar-refractivity contribution in [1.29, 1.82) is 0 Å². The lowest BCUT2D eigenvalue weighted by Crippen LogP contribution is -2.25. The maximum absolute atomic E-state index is 11.2. The molecule has 0 aliphatic carbocycles. The Bertz CT molecular complexity index is 791. The first-order valence-electron chi connectivity index (χ1n) is 11.9. The second kappa shape index (κ2) is 12.4. The molecule has 1 unspecified atom stereocenters. The van der Waals surface area contributed by atoms with Crippen molar-refractivity contribution in [1.82, 2.24) is 9.55 Å². The Morgan fingerprint density at radius 2 is 1.97 bits per heavy atom. The topological polar surface area (TPSA) is 67.6 Å². The second-order valence-corrected chi connectivity index (χ2v) is 8.54. The Balaban J connectivity index is 1.59. The van der Waals surface area contributed by atoms with E-state index in [4.69, 9.17) is 4.74 Å². The van der Waals surface area contributed by atoms with E-state index in [1.54, 1.807) is 6.20 Å². The highest BCUT2D eigenvalue weighted by atomic mass is 16.5. The van der Waals surface area contributed by atoms with Crippen LogP contribution in [0.5, 0.6) is 5.75 Å². The van der Waals surface area contributed by atoms with E-state index >= 15 is 0 Å². The number of aromatic nitrogens is 2. The van der Waals surface area contributed by atoms with E-state index in [2.05, 4.69) is 33.5 Å². The van der Waals surface area contributed by atoms with Crippen LogP contribution in [0.3, 0.4) is 0 Å². The van der Waals surface area contributed by atoms with Crippen LogP contribution >= 0.6 is 0 Å². The summed E-state index contributed by atoms with van der Waals surface area (Å²) in [6.45, 7) is 5.22. The van der Waals surface area contributed by atoms with E-state index in [1.807, 2.05) is 18.6 Å². The van der Waals surface area contributed by atoms with Crippen LogP contribution < -0.4 is 9.64 Å². The lowest BCUT2D eigenvalue weighted by Gasteiger charge is -2.21. The number of imidazole rings is 1. The molecule has 0 spiro atoms. The molecule has 1 N–H and O–H groups in total. The molecule has 0 radical (unpaired) electrons. The van der Waals surface area contributed by atoms with Gasteiger partial charge in [-0.25, -0.2) is 4.98 Å². The molecule has 3 rings (SSSR count). The number of para-hydroxylation sites is 1. The van der Waals surface area contributed by atoms with Gasteiger partial charge < -0.3 is 19.3 Å². The summed E-state index contributed by atoms with van der Waals surface area (Å²) in [5.74, 6) is 0.511. The Morgan fingerprint density at radius 1 is 1.16 bits per heavy atom. The number of anilines is 1. The summed E-state index contributed by atoms with van der Waals surface area (Å²) >= 11 is 0. The predicted octanol–water partition coefficient (Wildman–Crippen LogP) is 5.48. The van der Waals surface area contributed by atoms with Gasteiger partial charge in [0.15, 0.2) is 0 Å². The second-order valence-electron chi connectivity index (χ2n) is 8.54. The number of hydrogen-bond acceptors (Lipinski definition) is 4. The number of benzene rings is 1. The summed E-state index contributed by atoms with van der Waals surface area (Å²) in [6, 6.07) is 6.28. The molecule has 1 aromatic carbocycles. The van der Waals surface area contributed by atoms with Gasteiger partial charge in [0.25, 0.3) is 0 Å². The highest BCUT2D eigenvalue weighted by molar-refractivity contribution is 5.71. The van der Waals surface area contributed by atoms with Crippen LogP contribution in [0.25, 0.3) is 0 Å². The van der Waals surface area contributed by atoms with Gasteiger partial charge in [0.05, 0.1) is 25.0 Å². The first kappa shape index (κ1) is 23.2. The lowest BCUT2D eigenvalue weighted by atomic mass is 9.97. The molecule has 0 bridgehead atoms. The molecule has 6 nitrogen and oxygen atoms in total. The number of rotatable bonds is 15. The Hall–Kier alpha value is -2.50. The van der Waals surface area contributed by atoms with Crippen molar-refractivity contribution in [3.63, 3.8) is 0 Å². The van der Waals surface area contributed by atoms with Crippen molar-refractivity contribution >= 4 is 11.7 Å². The van der Waals surface area contributed by atoms with E-state index in [9.17, 15) is 9.90 Å². The van der Waals surface area contributed by atoms with E-state index in [-0.39, 0.29) is 6.42 Å². The van der Waals surface area contributed by atoms with E-state index in [0.717, 1.165) is 44.0 Å². The fraction of sp³-hybridized carbons (Fsp3) is 0.600. The molecule has 1 aliphatic heterocycles. The molecule has 0 saturated heterocycles. The van der Waals surface area contributed by atoms with Gasteiger partial charge in [0.1, 0.15) is 5.75 Å². The monoisotopic (exact) mass is 427 g/mol. The number of aryl methyl sites for hydroxylation is 1. The number of carboxylic acids is 1. The Morgan fingerprint density at radius 3 is 2.71 bits per heavy atom. The Labute approximate surface area is 186 Å². The van der Waals surface area contributed by atoms with Gasteiger partial charge in [-0.15, -0.1) is 0 Å². The lowest BCUT2D eigenvalue weighted by molar-refractivity contribution is -0.136. The minimum Gasteiger partial charge on any atom is -0.491 e. The van der Waals surface area contributed by atoms with Crippen LogP contribution in [-0.4, -0.2) is 40.3 Å². The number of hydrogen-bond donors (Lipinski definition) is 1. The predicted molar refractivity (Wildman–Crippen MR) is 124 cm³/mol. The normalized spacial score (nSPS) is 15.3. The molecule has 31 heavy (non-hydrogen) atoms. The van der Waals surface area contributed by atoms with Gasteiger partial charge in [-0.05, 0) is 24.5 Å². The maximum atomic E-state index is 11.2. The van der Waals surface area contributed by atoms with Crippen molar-refractivity contribution in [2.75, 3.05) is 24.6 Å². The SMILES string of the molecule is CCCCCCCCCOc1cccc2c1N(CCC(=O)O)CC2CCn1ccnc1. The number of fused-ring (bicyclic) bond motifs is 1. The van der Waals surface area contributed by atoms with Gasteiger partial charge in [-0.2, -0.15) is 0 Å². The molecule has 2 aromatic rings. The standard InChI is InChI=1S/C25H37N3O3/c1-2-3-4-5-6-7-8-18-31-23-11-9-10-22-21(12-15-27-17-14-26-20-27)19-28(25(22)23)16-13-24(29)30/h9-11,14,17,20-21H,2-8,12-13,15-16,18-19H2,1H3,(H,29,30). The van der Waals surface area contributed by atoms with Gasteiger partial charge in [-0.3, -0.25) is 4.79 Å². The van der Waals surface area contributed by atoms with Crippen LogP contribution in [-0.2, 0) is 11.3 Å². The number of carbonyl (C=O) groups is 1. The van der Waals surface area contributed by atoms with Gasteiger partial charge >= 0.3 is 5.97 Å². The highest BCUT2D eigenvalue weighted by Crippen LogP contribution is 2.44. The summed E-state index contributed by atoms with van der Waals surface area (Å²) < 4.78 is 8.31. The number of carboxylic acid groups (broad SMARTS) is 1. The molecule has 1 atom stereocenters. The van der Waals surface area contributed by atoms with Crippen LogP contribution in [0.1, 0.15) is 76.2 Å². The van der Waals surface area contributed by atoms with Gasteiger partial charge in [0, 0.05) is 37.9 Å². The van der Waals surface area contributed by atoms with Crippen LogP contribution in [0.15, 0.2) is 36.9 Å². The van der Waals surface area contributed by atoms with Crippen LogP contribution in [0.2, 0.25) is 0 Å². The summed E-state index contributed by atoms with van der Waals surface area (Å²) in [6.07, 6.45) is 15.6. The van der Waals surface area contributed by atoms with Crippen molar-refractivity contribution in [2.24, 2.45) is 0 Å². The zero-order chi connectivity index (χ0) is 21.9. The van der Waals surface area contributed by atoms with E-state index in [0.29, 0.717) is 12.5 Å². The number of ether oxygens (including phenoxy) is 1. The molecule has 1 aromatic heterocycles. The average molecular weight is 428 g/mol. The zero-order valence-electron chi connectivity index (χ0n) is 18.8. The third kappa shape index (κ3) is 7.01. The molecule has 6 heteroatoms. The fourth-order valence-corrected chi connectivity index (χ4v) is 4.42. The molecular weight excluding hydrogens is 390 g/mol. The molecule has 0 amide bonds. The Kier molecular flexibility index (Phi) is 9.25. The summed E-state index contributed by atoms with van der Waals surface area (Å²) in [7, 11) is 0. The third-order valence-electron chi connectivity index (χ3n) is 6.12. The molecule has 2 heterocycles. The summed E-state index contributed by atoms with van der Waals surface area (Å²) in [5, 5.41) is 9.19. The highest BCUT2D eigenvalue weighted by Gasteiger charge is 2.31. The van der Waals surface area contributed by atoms with Crippen LogP contribution in [0.4, 0.5) is 5.69 Å². The molecule has 1 aliphatic rings. The largest absolute Gasteiger partial charge is 0.491 e. The number of unbranched alkanes of at least 4 members (excludes halogenated alkanes) is 6. The molecular formula is C25H37N3O3. The van der Waals surface area contributed by atoms with Crippen LogP contribution in [0, 0.1) is 0 Å². The third-order valence-corrected chi connectivity index (χ3v) is 6.12. The fourth-order valence-electron chi connectivity index (χ4n) is 4.42. The number of aliphatic carboxylic acids is 1.